The average molecular weight is 197 g/mol. The number of halogens is 1. The third kappa shape index (κ3) is 2.73. The summed E-state index contributed by atoms with van der Waals surface area (Å²) in [6.07, 6.45) is 2.20. The molecular formula is C12H17Cl. The maximum absolute atomic E-state index is 6.26. The Kier molecular flexibility index (Phi) is 3.80. The smallest absolute Gasteiger partial charge is 0.0587 e. The van der Waals surface area contributed by atoms with E-state index in [1.807, 2.05) is 0 Å². The lowest BCUT2D eigenvalue weighted by Gasteiger charge is -2.12. The van der Waals surface area contributed by atoms with E-state index in [9.17, 15) is 0 Å². The predicted molar refractivity (Wildman–Crippen MR) is 59.4 cm³/mol. The van der Waals surface area contributed by atoms with Crippen molar-refractivity contribution in [1.82, 2.24) is 0 Å². The number of alkyl halides is 1. The van der Waals surface area contributed by atoms with Crippen molar-refractivity contribution in [3.8, 4) is 0 Å². The van der Waals surface area contributed by atoms with Crippen molar-refractivity contribution >= 4 is 11.6 Å². The van der Waals surface area contributed by atoms with Crippen LogP contribution in [-0.4, -0.2) is 0 Å². The highest BCUT2D eigenvalue weighted by Gasteiger charge is 2.08. The van der Waals surface area contributed by atoms with Gasteiger partial charge in [-0.25, -0.2) is 0 Å². The molecule has 0 aliphatic rings. The fourth-order valence-corrected chi connectivity index (χ4v) is 2.05. The minimum atomic E-state index is 0.186. The van der Waals surface area contributed by atoms with Crippen LogP contribution < -0.4 is 0 Å². The van der Waals surface area contributed by atoms with Crippen molar-refractivity contribution in [3.05, 3.63) is 34.9 Å². The van der Waals surface area contributed by atoms with Crippen LogP contribution in [0.15, 0.2) is 18.2 Å². The monoisotopic (exact) mass is 196 g/mol. The average Bonchev–Trinajstić information content (AvgIpc) is 2.04. The van der Waals surface area contributed by atoms with Crippen LogP contribution >= 0.6 is 11.6 Å². The summed E-state index contributed by atoms with van der Waals surface area (Å²) in [4.78, 5) is 0. The van der Waals surface area contributed by atoms with E-state index in [2.05, 4.69) is 39.0 Å². The highest BCUT2D eigenvalue weighted by molar-refractivity contribution is 6.20. The third-order valence-corrected chi connectivity index (χ3v) is 2.76. The molecule has 72 valence electrons. The maximum atomic E-state index is 6.26. The van der Waals surface area contributed by atoms with Gasteiger partial charge in [0.1, 0.15) is 0 Å². The largest absolute Gasteiger partial charge is 0.118 e. The van der Waals surface area contributed by atoms with E-state index in [4.69, 9.17) is 11.6 Å². The first kappa shape index (κ1) is 10.6. The molecule has 0 amide bonds. The summed E-state index contributed by atoms with van der Waals surface area (Å²) in [5.74, 6) is 0. The Bertz CT molecular complexity index is 278. The zero-order chi connectivity index (χ0) is 9.84. The van der Waals surface area contributed by atoms with Crippen LogP contribution in [0.25, 0.3) is 0 Å². The van der Waals surface area contributed by atoms with Crippen LogP contribution in [0.4, 0.5) is 0 Å². The van der Waals surface area contributed by atoms with Crippen molar-refractivity contribution in [2.24, 2.45) is 0 Å². The molecule has 0 fully saturated rings. The summed E-state index contributed by atoms with van der Waals surface area (Å²) in [7, 11) is 0. The van der Waals surface area contributed by atoms with Gasteiger partial charge in [-0.15, -0.1) is 11.6 Å². The second-order valence-electron chi connectivity index (χ2n) is 3.62. The van der Waals surface area contributed by atoms with Crippen molar-refractivity contribution in [1.29, 1.82) is 0 Å². The topological polar surface area (TPSA) is 0 Å². The van der Waals surface area contributed by atoms with E-state index in [1.165, 1.54) is 16.7 Å². The highest BCUT2D eigenvalue weighted by Crippen LogP contribution is 2.28. The van der Waals surface area contributed by atoms with Gasteiger partial charge in [-0.3, -0.25) is 0 Å². The van der Waals surface area contributed by atoms with Crippen molar-refractivity contribution in [3.63, 3.8) is 0 Å². The summed E-state index contributed by atoms with van der Waals surface area (Å²) in [6.45, 7) is 6.41. The molecule has 0 radical (unpaired) electrons. The van der Waals surface area contributed by atoms with Crippen LogP contribution in [0.2, 0.25) is 0 Å². The maximum Gasteiger partial charge on any atom is 0.0587 e. The van der Waals surface area contributed by atoms with E-state index < -0.39 is 0 Å². The van der Waals surface area contributed by atoms with Gasteiger partial charge >= 0.3 is 0 Å². The number of aryl methyl sites for hydroxylation is 2. The molecule has 1 unspecified atom stereocenters. The van der Waals surface area contributed by atoms with Crippen LogP contribution in [0.5, 0.6) is 0 Å². The van der Waals surface area contributed by atoms with Gasteiger partial charge in [0.15, 0.2) is 0 Å². The Balaban J connectivity index is 2.88. The summed E-state index contributed by atoms with van der Waals surface area (Å²) in [5.41, 5.74) is 3.91. The number of hydrogen-bond donors (Lipinski definition) is 0. The van der Waals surface area contributed by atoms with Gasteiger partial charge in [0.05, 0.1) is 5.38 Å². The van der Waals surface area contributed by atoms with Crippen molar-refractivity contribution < 1.29 is 0 Å². The van der Waals surface area contributed by atoms with Crippen molar-refractivity contribution in [2.45, 2.75) is 39.0 Å². The third-order valence-electron chi connectivity index (χ3n) is 2.30. The molecule has 0 aliphatic heterocycles. The molecule has 0 heterocycles. The molecule has 1 rings (SSSR count). The molecule has 0 saturated heterocycles. The van der Waals surface area contributed by atoms with E-state index >= 15 is 0 Å². The molecule has 13 heavy (non-hydrogen) atoms. The van der Waals surface area contributed by atoms with Crippen LogP contribution in [0, 0.1) is 13.8 Å². The van der Waals surface area contributed by atoms with E-state index in [0.717, 1.165) is 12.8 Å². The number of benzene rings is 1. The first-order valence-electron chi connectivity index (χ1n) is 4.86. The van der Waals surface area contributed by atoms with Crippen LogP contribution in [0.1, 0.15) is 41.8 Å². The molecule has 0 spiro atoms. The van der Waals surface area contributed by atoms with Crippen LogP contribution in [-0.2, 0) is 0 Å². The summed E-state index contributed by atoms with van der Waals surface area (Å²) < 4.78 is 0. The number of hydrogen-bond acceptors (Lipinski definition) is 0. The standard InChI is InChI=1S/C12H17Cl/c1-4-5-12(13)11-7-6-9(2)8-10(11)3/h6-8,12H,4-5H2,1-3H3. The van der Waals surface area contributed by atoms with Gasteiger partial charge < -0.3 is 0 Å². The lowest BCUT2D eigenvalue weighted by atomic mass is 10.0. The summed E-state index contributed by atoms with van der Waals surface area (Å²) in [5, 5.41) is 0.186. The van der Waals surface area contributed by atoms with E-state index in [0.29, 0.717) is 0 Å². The molecule has 1 aromatic carbocycles. The van der Waals surface area contributed by atoms with Crippen LogP contribution in [0.3, 0.4) is 0 Å². The molecule has 0 aromatic heterocycles. The summed E-state index contributed by atoms with van der Waals surface area (Å²) >= 11 is 6.26. The normalized spacial score (nSPS) is 12.9. The van der Waals surface area contributed by atoms with Gasteiger partial charge in [0, 0.05) is 0 Å². The zero-order valence-electron chi connectivity index (χ0n) is 8.60. The van der Waals surface area contributed by atoms with Gasteiger partial charge in [-0.2, -0.15) is 0 Å². The number of rotatable bonds is 3. The molecular weight excluding hydrogens is 180 g/mol. The van der Waals surface area contributed by atoms with E-state index in [-0.39, 0.29) is 5.38 Å². The first-order chi connectivity index (χ1) is 6.15. The van der Waals surface area contributed by atoms with Gasteiger partial charge in [-0.1, -0.05) is 37.1 Å². The summed E-state index contributed by atoms with van der Waals surface area (Å²) in [6, 6.07) is 6.48. The van der Waals surface area contributed by atoms with Gasteiger partial charge in [0.2, 0.25) is 0 Å². The minimum Gasteiger partial charge on any atom is -0.118 e. The van der Waals surface area contributed by atoms with Gasteiger partial charge in [-0.05, 0) is 31.4 Å². The molecule has 1 aromatic rings. The molecule has 0 bridgehead atoms. The Hall–Kier alpha value is -0.490. The Morgan fingerprint density at radius 3 is 2.54 bits per heavy atom. The quantitative estimate of drug-likeness (QED) is 0.630. The fraction of sp³-hybridized carbons (Fsp3) is 0.500. The second kappa shape index (κ2) is 4.66. The molecule has 1 heteroatoms. The Labute approximate surface area is 85.9 Å². The van der Waals surface area contributed by atoms with Crippen molar-refractivity contribution in [2.75, 3.05) is 0 Å². The molecule has 1 atom stereocenters. The van der Waals surface area contributed by atoms with E-state index in [1.54, 1.807) is 0 Å². The van der Waals surface area contributed by atoms with Gasteiger partial charge in [0.25, 0.3) is 0 Å². The molecule has 0 aliphatic carbocycles. The second-order valence-corrected chi connectivity index (χ2v) is 4.14. The Morgan fingerprint density at radius 2 is 2.00 bits per heavy atom. The first-order valence-corrected chi connectivity index (χ1v) is 5.30. The zero-order valence-corrected chi connectivity index (χ0v) is 9.36. The lowest BCUT2D eigenvalue weighted by Crippen LogP contribution is -1.93. The predicted octanol–water partition coefficient (Wildman–Crippen LogP) is 4.38. The SMILES string of the molecule is CCCC(Cl)c1ccc(C)cc1C. The fourth-order valence-electron chi connectivity index (χ4n) is 1.59. The lowest BCUT2D eigenvalue weighted by molar-refractivity contribution is 0.766. The molecule has 0 nitrogen and oxygen atoms in total. The Morgan fingerprint density at radius 1 is 1.31 bits per heavy atom. The molecule has 0 saturated carbocycles. The minimum absolute atomic E-state index is 0.186. The molecule has 0 N–H and O–H groups in total. The highest BCUT2D eigenvalue weighted by atomic mass is 35.5.